The average molecular weight is 718 g/mol. The van der Waals surface area contributed by atoms with E-state index in [-0.39, 0.29) is 5.41 Å². The van der Waals surface area contributed by atoms with Gasteiger partial charge in [0.25, 0.3) is 0 Å². The molecule has 266 valence electrons. The molecule has 3 heteroatoms. The normalized spacial score (nSPS) is 13.8. The van der Waals surface area contributed by atoms with Crippen LogP contribution >= 0.6 is 0 Å². The number of fused-ring (bicyclic) bond motifs is 5. The van der Waals surface area contributed by atoms with Crippen molar-refractivity contribution in [2.75, 3.05) is 0 Å². The fraction of sp³-hybridized carbons (Fsp3) is 0.113. The van der Waals surface area contributed by atoms with E-state index in [0.717, 1.165) is 52.0 Å². The van der Waals surface area contributed by atoms with Crippen LogP contribution in [0, 0.1) is 11.3 Å². The van der Waals surface area contributed by atoms with Crippen molar-refractivity contribution >= 4 is 0 Å². The van der Waals surface area contributed by atoms with Crippen LogP contribution < -0.4 is 0 Å². The van der Waals surface area contributed by atoms with Crippen LogP contribution in [-0.4, -0.2) is 9.97 Å². The Balaban J connectivity index is 1.00. The zero-order valence-corrected chi connectivity index (χ0v) is 31.1. The summed E-state index contributed by atoms with van der Waals surface area (Å²) in [6, 6.07) is 64.8. The molecule has 3 nitrogen and oxygen atoms in total. The lowest BCUT2D eigenvalue weighted by Crippen LogP contribution is -2.28. The van der Waals surface area contributed by atoms with Crippen molar-refractivity contribution in [2.45, 2.75) is 37.5 Å². The largest absolute Gasteiger partial charge is 0.228 e. The Hall–Kier alpha value is -6.89. The van der Waals surface area contributed by atoms with E-state index < -0.39 is 0 Å². The second-order valence-corrected chi connectivity index (χ2v) is 15.2. The van der Waals surface area contributed by atoms with Crippen LogP contribution in [0.3, 0.4) is 0 Å². The highest BCUT2D eigenvalue weighted by Crippen LogP contribution is 2.58. The van der Waals surface area contributed by atoms with E-state index in [1.165, 1.54) is 69.3 Å². The minimum absolute atomic E-state index is 0.00786. The molecule has 1 fully saturated rings. The van der Waals surface area contributed by atoms with Crippen LogP contribution in [0.15, 0.2) is 176 Å². The summed E-state index contributed by atoms with van der Waals surface area (Å²) in [4.78, 5) is 10.1. The lowest BCUT2D eigenvalue weighted by atomic mass is 9.67. The molecule has 8 aromatic rings. The number of hydrogen-bond donors (Lipinski definition) is 0. The van der Waals surface area contributed by atoms with Gasteiger partial charge < -0.3 is 0 Å². The third-order valence-corrected chi connectivity index (χ3v) is 12.0. The predicted molar refractivity (Wildman–Crippen MR) is 229 cm³/mol. The Kier molecular flexibility index (Phi) is 8.46. The lowest BCUT2D eigenvalue weighted by molar-refractivity contribution is 0.353. The van der Waals surface area contributed by atoms with Gasteiger partial charge in [0.2, 0.25) is 0 Å². The third kappa shape index (κ3) is 5.92. The van der Waals surface area contributed by atoms with Crippen LogP contribution in [0.5, 0.6) is 0 Å². The standard InChI is InChI=1S/C53H39N3/c54-35-36-20-29-46-48(32-36)53(30-8-3-9-31-53)47-19-11-18-45(51(46)47)44-17-10-16-43(33-44)39-23-27-41(28-24-39)50-34-49(55-52(56-50)42-14-6-2-7-15-42)40-25-21-38(22-26-40)37-12-4-1-5-13-37/h1-2,4-7,10-29,32-34H,3,8-9,30-31H2. The van der Waals surface area contributed by atoms with Gasteiger partial charge >= 0.3 is 0 Å². The van der Waals surface area contributed by atoms with Crippen LogP contribution in [0.1, 0.15) is 48.8 Å². The van der Waals surface area contributed by atoms with Crippen molar-refractivity contribution < 1.29 is 0 Å². The molecule has 0 saturated heterocycles. The molecule has 0 amide bonds. The van der Waals surface area contributed by atoms with Crippen molar-refractivity contribution in [3.8, 4) is 84.5 Å². The van der Waals surface area contributed by atoms with Gasteiger partial charge in [-0.2, -0.15) is 5.26 Å². The molecule has 1 heterocycles. The summed E-state index contributed by atoms with van der Waals surface area (Å²) in [5.74, 6) is 0.706. The van der Waals surface area contributed by atoms with Gasteiger partial charge in [-0.25, -0.2) is 9.97 Å². The highest BCUT2D eigenvalue weighted by Gasteiger charge is 2.44. The first-order valence-electron chi connectivity index (χ1n) is 19.7. The number of hydrogen-bond acceptors (Lipinski definition) is 3. The summed E-state index contributed by atoms with van der Waals surface area (Å²) in [5.41, 5.74) is 18.2. The Labute approximate surface area is 328 Å². The number of nitrogens with zero attached hydrogens (tertiary/aromatic N) is 3. The number of nitriles is 1. The Morgan fingerprint density at radius 1 is 0.411 bits per heavy atom. The molecule has 10 rings (SSSR count). The van der Waals surface area contributed by atoms with Gasteiger partial charge in [0.15, 0.2) is 5.82 Å². The van der Waals surface area contributed by atoms with Gasteiger partial charge in [-0.1, -0.05) is 171 Å². The first-order chi connectivity index (χ1) is 27.7. The monoisotopic (exact) mass is 717 g/mol. The SMILES string of the molecule is N#Cc1ccc2c(c1)C1(CCCCC1)c1cccc(-c3cccc(-c4ccc(-c5cc(-c6ccc(-c7ccccc7)cc6)nc(-c6ccccc6)n5)cc4)c3)c1-2. The van der Waals surface area contributed by atoms with E-state index >= 15 is 0 Å². The second kappa shape index (κ2) is 14.1. The van der Waals surface area contributed by atoms with Gasteiger partial charge in [-0.05, 0) is 92.7 Å². The smallest absolute Gasteiger partial charge is 0.160 e. The Bertz CT molecular complexity index is 2750. The highest BCUT2D eigenvalue weighted by atomic mass is 14.9. The fourth-order valence-electron chi connectivity index (χ4n) is 9.17. The van der Waals surface area contributed by atoms with Crippen LogP contribution in [0.4, 0.5) is 0 Å². The summed E-state index contributed by atoms with van der Waals surface area (Å²) in [5, 5.41) is 9.83. The van der Waals surface area contributed by atoms with Crippen LogP contribution in [0.25, 0.3) is 78.4 Å². The Morgan fingerprint density at radius 2 is 0.964 bits per heavy atom. The summed E-state index contributed by atoms with van der Waals surface area (Å²) >= 11 is 0. The summed E-state index contributed by atoms with van der Waals surface area (Å²) < 4.78 is 0. The van der Waals surface area contributed by atoms with Crippen molar-refractivity contribution in [1.29, 1.82) is 5.26 Å². The van der Waals surface area contributed by atoms with Gasteiger partial charge in [-0.3, -0.25) is 0 Å². The molecule has 0 bridgehead atoms. The van der Waals surface area contributed by atoms with E-state index in [9.17, 15) is 5.26 Å². The average Bonchev–Trinajstić information content (AvgIpc) is 3.55. The van der Waals surface area contributed by atoms with Crippen molar-refractivity contribution in [3.05, 3.63) is 193 Å². The van der Waals surface area contributed by atoms with Gasteiger partial charge in [-0.15, -0.1) is 0 Å². The topological polar surface area (TPSA) is 49.6 Å². The molecule has 0 N–H and O–H groups in total. The maximum absolute atomic E-state index is 9.83. The van der Waals surface area contributed by atoms with E-state index in [0.29, 0.717) is 5.82 Å². The van der Waals surface area contributed by atoms with E-state index in [4.69, 9.17) is 9.97 Å². The van der Waals surface area contributed by atoms with Crippen molar-refractivity contribution in [1.82, 2.24) is 9.97 Å². The molecular formula is C53H39N3. The zero-order chi connectivity index (χ0) is 37.5. The molecule has 0 radical (unpaired) electrons. The van der Waals surface area contributed by atoms with Gasteiger partial charge in [0.05, 0.1) is 23.0 Å². The predicted octanol–water partition coefficient (Wildman–Crippen LogP) is 13.6. The second-order valence-electron chi connectivity index (χ2n) is 15.2. The highest BCUT2D eigenvalue weighted by molar-refractivity contribution is 5.94. The summed E-state index contributed by atoms with van der Waals surface area (Å²) in [6.45, 7) is 0. The Morgan fingerprint density at radius 3 is 1.62 bits per heavy atom. The molecule has 0 aliphatic heterocycles. The first kappa shape index (κ1) is 33.7. The molecule has 7 aromatic carbocycles. The van der Waals surface area contributed by atoms with Gasteiger partial charge in [0, 0.05) is 22.1 Å². The molecule has 1 spiro atoms. The van der Waals surface area contributed by atoms with E-state index in [1.54, 1.807) is 0 Å². The quantitative estimate of drug-likeness (QED) is 0.172. The number of rotatable bonds is 6. The van der Waals surface area contributed by atoms with Crippen LogP contribution in [-0.2, 0) is 5.41 Å². The van der Waals surface area contributed by atoms with E-state index in [1.807, 2.05) is 30.3 Å². The molecule has 2 aliphatic rings. The minimum Gasteiger partial charge on any atom is -0.228 e. The number of benzene rings is 7. The summed E-state index contributed by atoms with van der Waals surface area (Å²) in [7, 11) is 0. The maximum Gasteiger partial charge on any atom is 0.160 e. The molecule has 0 unspecified atom stereocenters. The molecular weight excluding hydrogens is 679 g/mol. The fourth-order valence-corrected chi connectivity index (χ4v) is 9.17. The van der Waals surface area contributed by atoms with Gasteiger partial charge in [0.1, 0.15) is 0 Å². The molecule has 0 atom stereocenters. The molecule has 2 aliphatic carbocycles. The van der Waals surface area contributed by atoms with Crippen molar-refractivity contribution in [2.24, 2.45) is 0 Å². The van der Waals surface area contributed by atoms with E-state index in [2.05, 4.69) is 152 Å². The lowest BCUT2D eigenvalue weighted by Gasteiger charge is -2.36. The number of aromatic nitrogens is 2. The first-order valence-corrected chi connectivity index (χ1v) is 19.7. The molecule has 1 saturated carbocycles. The summed E-state index contributed by atoms with van der Waals surface area (Å²) in [6.07, 6.45) is 5.99. The van der Waals surface area contributed by atoms with Crippen LogP contribution in [0.2, 0.25) is 0 Å². The zero-order valence-electron chi connectivity index (χ0n) is 31.1. The molecule has 56 heavy (non-hydrogen) atoms. The maximum atomic E-state index is 9.83. The molecule has 1 aromatic heterocycles. The van der Waals surface area contributed by atoms with Crippen molar-refractivity contribution in [3.63, 3.8) is 0 Å². The minimum atomic E-state index is -0.00786. The third-order valence-electron chi connectivity index (χ3n) is 12.0.